The van der Waals surface area contributed by atoms with Gasteiger partial charge in [-0.3, -0.25) is 0 Å². The molecule has 0 spiro atoms. The van der Waals surface area contributed by atoms with E-state index in [1.807, 2.05) is 30.3 Å². The summed E-state index contributed by atoms with van der Waals surface area (Å²) in [7, 11) is 1.59. The van der Waals surface area contributed by atoms with E-state index >= 15 is 0 Å². The van der Waals surface area contributed by atoms with E-state index in [0.717, 1.165) is 11.3 Å². The highest BCUT2D eigenvalue weighted by molar-refractivity contribution is 7.98. The summed E-state index contributed by atoms with van der Waals surface area (Å²) in [4.78, 5) is 25.0. The van der Waals surface area contributed by atoms with E-state index in [9.17, 15) is 9.59 Å². The quantitative estimate of drug-likeness (QED) is 0.645. The van der Waals surface area contributed by atoms with Crippen LogP contribution in [0.4, 0.5) is 4.79 Å². The zero-order valence-electron chi connectivity index (χ0n) is 16.4. The molecule has 0 unspecified atom stereocenters. The molecule has 2 aromatic carbocycles. The Labute approximate surface area is 174 Å². The summed E-state index contributed by atoms with van der Waals surface area (Å²) < 4.78 is 10.5. The normalized spacial score (nSPS) is 16.1. The molecule has 1 aliphatic rings. The molecule has 0 fully saturated rings. The van der Waals surface area contributed by atoms with Crippen LogP contribution in [0.15, 0.2) is 65.9 Å². The number of thioether (sulfide) groups is 1. The van der Waals surface area contributed by atoms with Gasteiger partial charge in [0.2, 0.25) is 0 Å². The number of benzene rings is 2. The van der Waals surface area contributed by atoms with Crippen LogP contribution in [-0.4, -0.2) is 31.5 Å². The van der Waals surface area contributed by atoms with Crippen LogP contribution >= 0.6 is 11.8 Å². The molecule has 0 bridgehead atoms. The van der Waals surface area contributed by atoms with Crippen LogP contribution in [0.1, 0.15) is 24.1 Å². The van der Waals surface area contributed by atoms with Crippen molar-refractivity contribution >= 4 is 23.8 Å². The average molecular weight is 413 g/mol. The van der Waals surface area contributed by atoms with Crippen LogP contribution in [0, 0.1) is 0 Å². The molecule has 2 N–H and O–H groups in total. The maximum absolute atomic E-state index is 12.7. The van der Waals surface area contributed by atoms with E-state index < -0.39 is 12.0 Å². The molecular weight excluding hydrogens is 388 g/mol. The lowest BCUT2D eigenvalue weighted by Gasteiger charge is -2.29. The molecule has 0 saturated heterocycles. The molecule has 1 heterocycles. The van der Waals surface area contributed by atoms with Crippen molar-refractivity contribution in [1.29, 1.82) is 0 Å². The third-order valence-corrected chi connectivity index (χ3v) is 5.49. The Morgan fingerprint density at radius 3 is 2.45 bits per heavy atom. The molecule has 1 aliphatic heterocycles. The second-order valence-electron chi connectivity index (χ2n) is 6.40. The first-order valence-electron chi connectivity index (χ1n) is 9.35. The number of urea groups is 1. The van der Waals surface area contributed by atoms with Gasteiger partial charge in [0.05, 0.1) is 25.3 Å². The summed E-state index contributed by atoms with van der Waals surface area (Å²) in [5, 5.41) is 5.64. The Balaban J connectivity index is 1.87. The first kappa shape index (κ1) is 20.8. The van der Waals surface area contributed by atoms with Gasteiger partial charge in [-0.15, -0.1) is 0 Å². The number of ether oxygens (including phenoxy) is 2. The van der Waals surface area contributed by atoms with Crippen molar-refractivity contribution in [2.24, 2.45) is 0 Å². The molecule has 152 valence electrons. The first-order valence-corrected chi connectivity index (χ1v) is 10.5. The zero-order valence-corrected chi connectivity index (χ0v) is 17.3. The van der Waals surface area contributed by atoms with Crippen LogP contribution in [0.3, 0.4) is 0 Å². The average Bonchev–Trinajstić information content (AvgIpc) is 2.74. The molecule has 0 radical (unpaired) electrons. The third kappa shape index (κ3) is 5.32. The molecule has 29 heavy (non-hydrogen) atoms. The van der Waals surface area contributed by atoms with Gasteiger partial charge < -0.3 is 20.1 Å². The fourth-order valence-corrected chi connectivity index (χ4v) is 4.04. The van der Waals surface area contributed by atoms with Gasteiger partial charge in [-0.2, -0.15) is 11.8 Å². The molecule has 1 atom stereocenters. The SMILES string of the molecule is CCOC(=O)C1=C(CSCc2ccccc2)NC(=O)N[C@@H]1c1ccc(OC)cc1. The maximum Gasteiger partial charge on any atom is 0.338 e. The van der Waals surface area contributed by atoms with Crippen LogP contribution in [0.25, 0.3) is 0 Å². The van der Waals surface area contributed by atoms with Gasteiger partial charge in [0.1, 0.15) is 5.75 Å². The largest absolute Gasteiger partial charge is 0.497 e. The van der Waals surface area contributed by atoms with E-state index in [1.54, 1.807) is 37.9 Å². The Morgan fingerprint density at radius 1 is 1.07 bits per heavy atom. The van der Waals surface area contributed by atoms with Crippen molar-refractivity contribution in [1.82, 2.24) is 10.6 Å². The maximum atomic E-state index is 12.7. The third-order valence-electron chi connectivity index (χ3n) is 4.46. The predicted octanol–water partition coefficient (Wildman–Crippen LogP) is 3.80. The second-order valence-corrected chi connectivity index (χ2v) is 7.38. The fraction of sp³-hybridized carbons (Fsp3) is 0.273. The van der Waals surface area contributed by atoms with Crippen LogP contribution < -0.4 is 15.4 Å². The highest BCUT2D eigenvalue weighted by Gasteiger charge is 2.33. The second kappa shape index (κ2) is 10.0. The van der Waals surface area contributed by atoms with Crippen LogP contribution in [0.2, 0.25) is 0 Å². The number of carbonyl (C=O) groups is 2. The highest BCUT2D eigenvalue weighted by atomic mass is 32.2. The minimum Gasteiger partial charge on any atom is -0.497 e. The monoisotopic (exact) mass is 412 g/mol. The number of nitrogens with one attached hydrogen (secondary N) is 2. The summed E-state index contributed by atoms with van der Waals surface area (Å²) in [5.74, 6) is 1.53. The highest BCUT2D eigenvalue weighted by Crippen LogP contribution is 2.30. The minimum atomic E-state index is -0.582. The Hall–Kier alpha value is -2.93. The molecular formula is C22H24N2O4S. The molecule has 6 nitrogen and oxygen atoms in total. The number of rotatable bonds is 8. The lowest BCUT2D eigenvalue weighted by Crippen LogP contribution is -2.46. The molecule has 2 amide bonds. The number of methoxy groups -OCH3 is 1. The number of carbonyl (C=O) groups excluding carboxylic acids is 2. The number of hydrogen-bond acceptors (Lipinski definition) is 5. The van der Waals surface area contributed by atoms with E-state index in [1.165, 1.54) is 5.56 Å². The van der Waals surface area contributed by atoms with Gasteiger partial charge in [-0.25, -0.2) is 9.59 Å². The topological polar surface area (TPSA) is 76.7 Å². The van der Waals surface area contributed by atoms with E-state index in [0.29, 0.717) is 22.8 Å². The molecule has 7 heteroatoms. The summed E-state index contributed by atoms with van der Waals surface area (Å²) in [6, 6.07) is 16.4. The smallest absolute Gasteiger partial charge is 0.338 e. The zero-order chi connectivity index (χ0) is 20.6. The Morgan fingerprint density at radius 2 is 1.79 bits per heavy atom. The Kier molecular flexibility index (Phi) is 7.19. The van der Waals surface area contributed by atoms with Crippen molar-refractivity contribution in [2.75, 3.05) is 19.5 Å². The van der Waals surface area contributed by atoms with Crippen molar-refractivity contribution < 1.29 is 19.1 Å². The van der Waals surface area contributed by atoms with Gasteiger partial charge in [-0.05, 0) is 30.2 Å². The summed E-state index contributed by atoms with van der Waals surface area (Å²) in [5.41, 5.74) is 2.98. The Bertz CT molecular complexity index is 881. The number of esters is 1. The van der Waals surface area contributed by atoms with Crippen LogP contribution in [-0.2, 0) is 15.3 Å². The van der Waals surface area contributed by atoms with E-state index in [2.05, 4.69) is 22.8 Å². The summed E-state index contributed by atoms with van der Waals surface area (Å²) in [6.07, 6.45) is 0. The molecule has 2 aromatic rings. The van der Waals surface area contributed by atoms with E-state index in [-0.39, 0.29) is 12.6 Å². The molecule has 0 aromatic heterocycles. The lowest BCUT2D eigenvalue weighted by molar-refractivity contribution is -0.139. The number of amides is 2. The number of hydrogen-bond donors (Lipinski definition) is 2. The minimum absolute atomic E-state index is 0.260. The van der Waals surface area contributed by atoms with Gasteiger partial charge in [-0.1, -0.05) is 42.5 Å². The molecule has 0 saturated carbocycles. The van der Waals surface area contributed by atoms with Crippen molar-refractivity contribution in [3.63, 3.8) is 0 Å². The summed E-state index contributed by atoms with van der Waals surface area (Å²) >= 11 is 1.63. The van der Waals surface area contributed by atoms with Gasteiger partial charge in [0.25, 0.3) is 0 Å². The molecule has 0 aliphatic carbocycles. The lowest BCUT2D eigenvalue weighted by atomic mass is 9.95. The fourth-order valence-electron chi connectivity index (χ4n) is 3.07. The van der Waals surface area contributed by atoms with Gasteiger partial charge >= 0.3 is 12.0 Å². The van der Waals surface area contributed by atoms with Gasteiger partial charge in [0.15, 0.2) is 0 Å². The van der Waals surface area contributed by atoms with E-state index in [4.69, 9.17) is 9.47 Å². The summed E-state index contributed by atoms with van der Waals surface area (Å²) in [6.45, 7) is 2.02. The standard InChI is InChI=1S/C22H24N2O4S/c1-3-28-21(25)19-18(14-29-13-15-7-5-4-6-8-15)23-22(26)24-20(19)16-9-11-17(27-2)12-10-16/h4-12,20H,3,13-14H2,1-2H3,(H2,23,24,26)/t20-/m1/s1. The predicted molar refractivity (Wildman–Crippen MR) is 114 cm³/mol. The van der Waals surface area contributed by atoms with Crippen LogP contribution in [0.5, 0.6) is 5.75 Å². The van der Waals surface area contributed by atoms with Crippen molar-refractivity contribution in [3.05, 3.63) is 77.0 Å². The van der Waals surface area contributed by atoms with Crippen molar-refractivity contribution in [2.45, 2.75) is 18.7 Å². The van der Waals surface area contributed by atoms with Gasteiger partial charge in [0, 0.05) is 17.2 Å². The first-order chi connectivity index (χ1) is 14.1. The molecule has 3 rings (SSSR count). The van der Waals surface area contributed by atoms with Crippen molar-refractivity contribution in [3.8, 4) is 5.75 Å².